The molecule has 0 aliphatic heterocycles. The Morgan fingerprint density at radius 3 is 2.86 bits per heavy atom. The molecule has 1 aromatic heterocycles. The van der Waals surface area contributed by atoms with Crippen molar-refractivity contribution in [3.8, 4) is 5.75 Å². The molecular weight excluding hydrogens is 411 g/mol. The maximum atomic E-state index is 9.65. The number of aromatic hydroxyl groups is 1. The summed E-state index contributed by atoms with van der Waals surface area (Å²) in [6.45, 7) is 0. The molecule has 2 rings (SSSR count). The number of fused-ring (bicyclic) bond motifs is 1. The second kappa shape index (κ2) is 4.90. The van der Waals surface area contributed by atoms with Gasteiger partial charge >= 0.3 is 25.8 Å². The summed E-state index contributed by atoms with van der Waals surface area (Å²) in [4.78, 5) is 4.06. The van der Waals surface area contributed by atoms with E-state index in [1.165, 1.54) is 0 Å². The maximum absolute atomic E-state index is 9.65. The predicted molar refractivity (Wildman–Crippen MR) is 66.9 cm³/mol. The Balaban J connectivity index is 0.000000980. The number of phenolic OH excluding ortho intramolecular Hbond substituents is 1. The number of pyridine rings is 1. The molecule has 2 aromatic rings. The molecule has 0 saturated heterocycles. The Morgan fingerprint density at radius 1 is 1.43 bits per heavy atom. The molecule has 1 aromatic carbocycles. The van der Waals surface area contributed by atoms with Crippen LogP contribution in [0.4, 0.5) is 0 Å². The van der Waals surface area contributed by atoms with Crippen LogP contribution >= 0.6 is 34.2 Å². The van der Waals surface area contributed by atoms with Gasteiger partial charge in [-0.2, -0.15) is 0 Å². The Kier molecular flexibility index (Phi) is 4.33. The Labute approximate surface area is 119 Å². The summed E-state index contributed by atoms with van der Waals surface area (Å²) in [5.74, 6) is 0.195. The molecule has 0 fully saturated rings. The molecule has 0 bridgehead atoms. The van der Waals surface area contributed by atoms with Crippen LogP contribution < -0.4 is 0 Å². The van der Waals surface area contributed by atoms with E-state index in [0.29, 0.717) is 14.1 Å². The molecule has 1 heterocycles. The van der Waals surface area contributed by atoms with Crippen molar-refractivity contribution in [1.82, 2.24) is 4.98 Å². The van der Waals surface area contributed by atoms with Crippen LogP contribution in [0.5, 0.6) is 5.75 Å². The van der Waals surface area contributed by atoms with Crippen molar-refractivity contribution in [2.24, 2.45) is 0 Å². The van der Waals surface area contributed by atoms with Gasteiger partial charge in [-0.25, -0.2) is 0 Å². The number of phenols is 1. The topological polar surface area (TPSA) is 33.1 Å². The van der Waals surface area contributed by atoms with E-state index in [1.54, 1.807) is 18.3 Å². The molecule has 0 aliphatic carbocycles. The molecule has 5 heteroatoms. The minimum atomic E-state index is 0. The van der Waals surface area contributed by atoms with E-state index in [-0.39, 0.29) is 31.6 Å². The van der Waals surface area contributed by atoms with Crippen molar-refractivity contribution in [3.63, 3.8) is 0 Å². The SMILES string of the molecule is Oc1c(I)cc(Cl)c2cccnc12.[111In+3]. The number of hydrogen-bond acceptors (Lipinski definition) is 2. The quantitative estimate of drug-likeness (QED) is 0.670. The zero-order valence-corrected chi connectivity index (χ0v) is 13.2. The van der Waals surface area contributed by atoms with Crippen molar-refractivity contribution < 1.29 is 5.11 Å². The first-order valence-electron chi connectivity index (χ1n) is 3.62. The van der Waals surface area contributed by atoms with Gasteiger partial charge in [-0.1, -0.05) is 11.6 Å². The number of aromatic nitrogens is 1. The Hall–Kier alpha value is 0.320. The second-order valence-electron chi connectivity index (χ2n) is 2.59. The van der Waals surface area contributed by atoms with Crippen LogP contribution in [-0.4, -0.2) is 35.9 Å². The molecule has 0 amide bonds. The molecule has 14 heavy (non-hydrogen) atoms. The fraction of sp³-hybridized carbons (Fsp3) is 0. The number of rotatable bonds is 0. The fourth-order valence-corrected chi connectivity index (χ4v) is 2.17. The van der Waals surface area contributed by atoms with Crippen molar-refractivity contribution in [2.45, 2.75) is 0 Å². The van der Waals surface area contributed by atoms with Gasteiger partial charge in [0, 0.05) is 11.6 Å². The molecule has 0 atom stereocenters. The summed E-state index contributed by atoms with van der Waals surface area (Å²) in [6, 6.07) is 5.35. The molecular formula is C9H5ClIInNO+3. The minimum absolute atomic E-state index is 0. The average molecular weight is 416 g/mol. The molecule has 1 N–H and O–H groups in total. The third-order valence-electron chi connectivity index (χ3n) is 1.77. The van der Waals surface area contributed by atoms with E-state index in [1.807, 2.05) is 28.7 Å². The normalized spacial score (nSPS) is 9.86. The first-order valence-corrected chi connectivity index (χ1v) is 5.07. The van der Waals surface area contributed by atoms with Crippen LogP contribution in [0, 0.1) is 3.57 Å². The van der Waals surface area contributed by atoms with Crippen LogP contribution in [0.2, 0.25) is 5.02 Å². The standard InChI is InChI=1S/C9H5ClINO.In/c10-6-4-7(11)9(13)8-5(6)2-1-3-12-8;/h1-4,13H;/q;+3/i;1-4. The summed E-state index contributed by atoms with van der Waals surface area (Å²) in [6.07, 6.45) is 1.63. The zero-order valence-electron chi connectivity index (χ0n) is 7.04. The fourth-order valence-electron chi connectivity index (χ4n) is 1.16. The number of halogens is 2. The summed E-state index contributed by atoms with van der Waals surface area (Å²) in [7, 11) is 0. The molecule has 0 spiro atoms. The molecule has 0 aliphatic rings. The minimum Gasteiger partial charge on any atom is -0.505 e. The van der Waals surface area contributed by atoms with Crippen LogP contribution in [-0.2, 0) is 0 Å². The molecule has 0 radical (unpaired) electrons. The number of hydrogen-bond donors (Lipinski definition) is 1. The van der Waals surface area contributed by atoms with Crippen LogP contribution in [0.3, 0.4) is 0 Å². The maximum Gasteiger partial charge on any atom is 3.00 e. The van der Waals surface area contributed by atoms with Crippen molar-refractivity contribution in [3.05, 3.63) is 33.0 Å². The van der Waals surface area contributed by atoms with Gasteiger partial charge in [-0.05, 0) is 40.8 Å². The zero-order chi connectivity index (χ0) is 9.42. The van der Waals surface area contributed by atoms with E-state index >= 15 is 0 Å². The van der Waals surface area contributed by atoms with Gasteiger partial charge in [0.1, 0.15) is 5.52 Å². The van der Waals surface area contributed by atoms with E-state index < -0.39 is 0 Å². The van der Waals surface area contributed by atoms with E-state index in [9.17, 15) is 5.11 Å². The summed E-state index contributed by atoms with van der Waals surface area (Å²) >= 11 is 8.00. The van der Waals surface area contributed by atoms with Gasteiger partial charge in [0.15, 0.2) is 5.75 Å². The Bertz CT molecular complexity index is 478. The van der Waals surface area contributed by atoms with Gasteiger partial charge in [-0.3, -0.25) is 4.98 Å². The predicted octanol–water partition coefficient (Wildman–Crippen LogP) is 2.82. The van der Waals surface area contributed by atoms with Crippen molar-refractivity contribution in [2.75, 3.05) is 0 Å². The molecule has 0 unspecified atom stereocenters. The molecule has 66 valence electrons. The van der Waals surface area contributed by atoms with Gasteiger partial charge < -0.3 is 5.11 Å². The number of benzene rings is 1. The summed E-state index contributed by atoms with van der Waals surface area (Å²) in [5, 5.41) is 11.0. The largest absolute Gasteiger partial charge is 3.00 e. The Morgan fingerprint density at radius 2 is 2.14 bits per heavy atom. The van der Waals surface area contributed by atoms with E-state index in [2.05, 4.69) is 4.98 Å². The smallest absolute Gasteiger partial charge is 0.505 e. The van der Waals surface area contributed by atoms with E-state index in [4.69, 9.17) is 11.6 Å². The van der Waals surface area contributed by atoms with Gasteiger partial charge in [-0.15, -0.1) is 0 Å². The summed E-state index contributed by atoms with van der Waals surface area (Å²) in [5.41, 5.74) is 0.555. The molecule has 2 nitrogen and oxygen atoms in total. The third-order valence-corrected chi connectivity index (χ3v) is 2.90. The van der Waals surface area contributed by atoms with Crippen LogP contribution in [0.1, 0.15) is 0 Å². The summed E-state index contributed by atoms with van der Waals surface area (Å²) < 4.78 is 0.716. The second-order valence-corrected chi connectivity index (χ2v) is 4.16. The van der Waals surface area contributed by atoms with Crippen molar-refractivity contribution >= 4 is 70.9 Å². The number of nitrogens with zero attached hydrogens (tertiary/aromatic N) is 1. The van der Waals surface area contributed by atoms with Gasteiger partial charge in [0.05, 0.1) is 8.59 Å². The van der Waals surface area contributed by atoms with Crippen LogP contribution in [0.25, 0.3) is 10.9 Å². The van der Waals surface area contributed by atoms with Crippen molar-refractivity contribution in [1.29, 1.82) is 0 Å². The average Bonchev–Trinajstić information content (AvgIpc) is 2.15. The van der Waals surface area contributed by atoms with E-state index in [0.717, 1.165) is 5.39 Å². The monoisotopic (exact) mass is 416 g/mol. The van der Waals surface area contributed by atoms with Gasteiger partial charge in [0.25, 0.3) is 0 Å². The van der Waals surface area contributed by atoms with Crippen LogP contribution in [0.15, 0.2) is 24.4 Å². The first kappa shape index (κ1) is 12.4. The first-order chi connectivity index (χ1) is 6.20. The molecule has 0 saturated carbocycles. The van der Waals surface area contributed by atoms with Gasteiger partial charge in [0.2, 0.25) is 0 Å². The third kappa shape index (κ3) is 2.12.